The predicted octanol–water partition coefficient (Wildman–Crippen LogP) is 2.54. The van der Waals surface area contributed by atoms with Crippen molar-refractivity contribution in [3.05, 3.63) is 24.9 Å². The Morgan fingerprint density at radius 3 is 2.46 bits per heavy atom. The third-order valence-electron chi connectivity index (χ3n) is 1.42. The highest BCUT2D eigenvalue weighted by molar-refractivity contribution is 5.96. The first-order valence-corrected chi connectivity index (χ1v) is 4.55. The van der Waals surface area contributed by atoms with Gasteiger partial charge in [-0.05, 0) is 33.8 Å². The fraction of sp³-hybridized carbons (Fsp3) is 0.545. The van der Waals surface area contributed by atoms with Gasteiger partial charge in [0.05, 0.1) is 5.71 Å². The summed E-state index contributed by atoms with van der Waals surface area (Å²) in [6.45, 7) is 12.7. The predicted molar refractivity (Wildman–Crippen MR) is 60.2 cm³/mol. The molecule has 0 atom stereocenters. The van der Waals surface area contributed by atoms with Crippen LogP contribution < -0.4 is 5.32 Å². The molecular weight excluding hydrogens is 160 g/mol. The molecule has 0 aromatic rings. The maximum atomic E-state index is 4.15. The van der Waals surface area contributed by atoms with Crippen molar-refractivity contribution in [2.45, 2.75) is 33.2 Å². The van der Waals surface area contributed by atoms with Crippen LogP contribution in [0.4, 0.5) is 0 Å². The minimum absolute atomic E-state index is 0.128. The Bertz CT molecular complexity index is 207. The number of aliphatic imine (C=N–C) groups is 1. The van der Waals surface area contributed by atoms with Crippen LogP contribution in [-0.2, 0) is 0 Å². The van der Waals surface area contributed by atoms with E-state index in [1.165, 1.54) is 0 Å². The smallest absolute Gasteiger partial charge is 0.0538 e. The molecule has 2 heteroatoms. The van der Waals surface area contributed by atoms with Crippen molar-refractivity contribution < 1.29 is 0 Å². The van der Waals surface area contributed by atoms with E-state index in [0.29, 0.717) is 0 Å². The van der Waals surface area contributed by atoms with Crippen molar-refractivity contribution in [2.75, 3.05) is 6.54 Å². The molecule has 0 aliphatic heterocycles. The molecule has 0 radical (unpaired) electrons. The standard InChI is InChI=1S/C11H20N2/c1-6-8-10(12-7-2)9-13-11(3,4)5/h6-8,13H,2,9H2,1,3-5H3/b8-6-,12-10+. The summed E-state index contributed by atoms with van der Waals surface area (Å²) in [6, 6.07) is 0. The van der Waals surface area contributed by atoms with Gasteiger partial charge in [-0.3, -0.25) is 4.99 Å². The summed E-state index contributed by atoms with van der Waals surface area (Å²) in [5, 5.41) is 3.36. The lowest BCUT2D eigenvalue weighted by Crippen LogP contribution is -2.38. The Morgan fingerprint density at radius 1 is 1.46 bits per heavy atom. The molecule has 0 fully saturated rings. The van der Waals surface area contributed by atoms with E-state index in [2.05, 4.69) is 37.7 Å². The number of allylic oxidation sites excluding steroid dienone is 1. The Hall–Kier alpha value is -0.890. The first-order chi connectivity index (χ1) is 5.99. The second-order valence-corrected chi connectivity index (χ2v) is 3.91. The van der Waals surface area contributed by atoms with Crippen molar-refractivity contribution >= 4 is 5.71 Å². The quantitative estimate of drug-likeness (QED) is 0.661. The molecule has 0 amide bonds. The lowest BCUT2D eigenvalue weighted by atomic mass is 10.1. The minimum atomic E-state index is 0.128. The number of hydrogen-bond donors (Lipinski definition) is 1. The Labute approximate surface area is 81.5 Å². The molecule has 0 aliphatic carbocycles. The summed E-state index contributed by atoms with van der Waals surface area (Å²) in [7, 11) is 0. The van der Waals surface area contributed by atoms with Gasteiger partial charge in [0.1, 0.15) is 0 Å². The van der Waals surface area contributed by atoms with E-state index in [-0.39, 0.29) is 5.54 Å². The molecule has 0 heterocycles. The van der Waals surface area contributed by atoms with E-state index in [4.69, 9.17) is 0 Å². The molecule has 0 unspecified atom stereocenters. The fourth-order valence-corrected chi connectivity index (χ4v) is 0.813. The zero-order valence-corrected chi connectivity index (χ0v) is 9.09. The Morgan fingerprint density at radius 2 is 2.08 bits per heavy atom. The third kappa shape index (κ3) is 7.47. The number of nitrogens with one attached hydrogen (secondary N) is 1. The van der Waals surface area contributed by atoms with Crippen molar-refractivity contribution in [3.8, 4) is 0 Å². The van der Waals surface area contributed by atoms with E-state index in [9.17, 15) is 0 Å². The van der Waals surface area contributed by atoms with Crippen LogP contribution in [0.1, 0.15) is 27.7 Å². The topological polar surface area (TPSA) is 24.4 Å². The third-order valence-corrected chi connectivity index (χ3v) is 1.42. The van der Waals surface area contributed by atoms with Gasteiger partial charge in [-0.25, -0.2) is 0 Å². The summed E-state index contributed by atoms with van der Waals surface area (Å²) in [5.74, 6) is 0. The van der Waals surface area contributed by atoms with Gasteiger partial charge in [0.25, 0.3) is 0 Å². The van der Waals surface area contributed by atoms with Crippen LogP contribution in [0.25, 0.3) is 0 Å². The first-order valence-electron chi connectivity index (χ1n) is 4.55. The monoisotopic (exact) mass is 180 g/mol. The van der Waals surface area contributed by atoms with Gasteiger partial charge < -0.3 is 5.32 Å². The molecule has 0 aromatic carbocycles. The average Bonchev–Trinajstić information content (AvgIpc) is 2.00. The van der Waals surface area contributed by atoms with Crippen LogP contribution in [0.15, 0.2) is 29.9 Å². The van der Waals surface area contributed by atoms with Crippen LogP contribution in [0.3, 0.4) is 0 Å². The van der Waals surface area contributed by atoms with E-state index in [0.717, 1.165) is 12.3 Å². The highest BCUT2D eigenvalue weighted by Crippen LogP contribution is 1.97. The molecule has 2 nitrogen and oxygen atoms in total. The molecule has 0 rings (SSSR count). The summed E-state index contributed by atoms with van der Waals surface area (Å²) >= 11 is 0. The van der Waals surface area contributed by atoms with E-state index >= 15 is 0 Å². The van der Waals surface area contributed by atoms with Gasteiger partial charge in [-0.1, -0.05) is 12.7 Å². The highest BCUT2D eigenvalue weighted by Gasteiger charge is 2.08. The average molecular weight is 180 g/mol. The molecule has 0 spiro atoms. The summed E-state index contributed by atoms with van der Waals surface area (Å²) in [5.41, 5.74) is 1.14. The maximum absolute atomic E-state index is 4.15. The lowest BCUT2D eigenvalue weighted by molar-refractivity contribution is 0.455. The summed E-state index contributed by atoms with van der Waals surface area (Å²) in [4.78, 5) is 4.15. The van der Waals surface area contributed by atoms with E-state index in [1.54, 1.807) is 6.20 Å². The fourth-order valence-electron chi connectivity index (χ4n) is 0.813. The Balaban J connectivity index is 4.13. The van der Waals surface area contributed by atoms with Gasteiger partial charge in [0, 0.05) is 18.3 Å². The van der Waals surface area contributed by atoms with Crippen LogP contribution in [-0.4, -0.2) is 17.8 Å². The van der Waals surface area contributed by atoms with Crippen LogP contribution >= 0.6 is 0 Å². The van der Waals surface area contributed by atoms with Crippen LogP contribution in [0.5, 0.6) is 0 Å². The maximum Gasteiger partial charge on any atom is 0.0538 e. The largest absolute Gasteiger partial charge is 0.306 e. The Kier molecular flexibility index (Phi) is 5.31. The zero-order chi connectivity index (χ0) is 10.3. The number of hydrogen-bond acceptors (Lipinski definition) is 2. The molecule has 1 N–H and O–H groups in total. The van der Waals surface area contributed by atoms with Gasteiger partial charge >= 0.3 is 0 Å². The SMILES string of the molecule is C=C/N=C(\C=C/C)CNC(C)(C)C. The van der Waals surface area contributed by atoms with Crippen LogP contribution in [0.2, 0.25) is 0 Å². The lowest BCUT2D eigenvalue weighted by Gasteiger charge is -2.20. The molecule has 74 valence electrons. The summed E-state index contributed by atoms with van der Waals surface area (Å²) in [6.07, 6.45) is 5.53. The summed E-state index contributed by atoms with van der Waals surface area (Å²) < 4.78 is 0. The highest BCUT2D eigenvalue weighted by atomic mass is 15.0. The van der Waals surface area contributed by atoms with Crippen molar-refractivity contribution in [2.24, 2.45) is 4.99 Å². The van der Waals surface area contributed by atoms with Crippen LogP contribution in [0, 0.1) is 0 Å². The van der Waals surface area contributed by atoms with Gasteiger partial charge in [-0.2, -0.15) is 0 Å². The molecule has 0 bridgehead atoms. The van der Waals surface area contributed by atoms with Crippen molar-refractivity contribution in [1.82, 2.24) is 5.32 Å². The second-order valence-electron chi connectivity index (χ2n) is 3.91. The number of rotatable bonds is 4. The molecule has 0 saturated carbocycles. The second kappa shape index (κ2) is 5.70. The number of nitrogens with zero attached hydrogens (tertiary/aromatic N) is 1. The van der Waals surface area contributed by atoms with E-state index < -0.39 is 0 Å². The molecule has 0 saturated heterocycles. The van der Waals surface area contributed by atoms with E-state index in [1.807, 2.05) is 19.1 Å². The molecule has 0 aliphatic rings. The molecule has 13 heavy (non-hydrogen) atoms. The van der Waals surface area contributed by atoms with Crippen molar-refractivity contribution in [1.29, 1.82) is 0 Å². The molecular formula is C11H20N2. The first kappa shape index (κ1) is 12.1. The molecule has 0 aromatic heterocycles. The zero-order valence-electron chi connectivity index (χ0n) is 9.09. The van der Waals surface area contributed by atoms with Gasteiger partial charge in [-0.15, -0.1) is 0 Å². The minimum Gasteiger partial charge on any atom is -0.306 e. The van der Waals surface area contributed by atoms with Crippen molar-refractivity contribution in [3.63, 3.8) is 0 Å². The van der Waals surface area contributed by atoms with Gasteiger partial charge in [0.15, 0.2) is 0 Å². The van der Waals surface area contributed by atoms with Gasteiger partial charge in [0.2, 0.25) is 0 Å². The normalized spacial score (nSPS) is 13.7.